The summed E-state index contributed by atoms with van der Waals surface area (Å²) in [5.74, 6) is 1.37. The Hall–Kier alpha value is -1.25. The Morgan fingerprint density at radius 3 is 2.87 bits per heavy atom. The molecule has 15 heavy (non-hydrogen) atoms. The van der Waals surface area contributed by atoms with Crippen LogP contribution in [0.2, 0.25) is 0 Å². The number of aldehydes is 1. The first-order valence-corrected chi connectivity index (χ1v) is 5.51. The van der Waals surface area contributed by atoms with Crippen molar-refractivity contribution in [1.82, 2.24) is 0 Å². The number of carbonyl (C=O) groups excluding carboxylic acids is 1. The average Bonchev–Trinajstić information content (AvgIpc) is 2.69. The Kier molecular flexibility index (Phi) is 3.09. The summed E-state index contributed by atoms with van der Waals surface area (Å²) >= 11 is 0. The maximum Gasteiger partial charge on any atom is 0.285 e. The molecule has 1 aliphatic rings. The molecule has 1 fully saturated rings. The summed E-state index contributed by atoms with van der Waals surface area (Å²) in [6.07, 6.45) is 5.74. The van der Waals surface area contributed by atoms with Crippen molar-refractivity contribution in [3.63, 3.8) is 0 Å². The van der Waals surface area contributed by atoms with E-state index in [1.807, 2.05) is 0 Å². The number of furan rings is 1. The normalized spacial score (nSPS) is 26.2. The van der Waals surface area contributed by atoms with Crippen LogP contribution in [0.25, 0.3) is 0 Å². The Morgan fingerprint density at radius 2 is 2.20 bits per heavy atom. The predicted molar refractivity (Wildman–Crippen MR) is 56.1 cm³/mol. The van der Waals surface area contributed by atoms with Gasteiger partial charge in [-0.05, 0) is 31.2 Å². The molecule has 3 heteroatoms. The first-order chi connectivity index (χ1) is 7.29. The summed E-state index contributed by atoms with van der Waals surface area (Å²) in [4.78, 5) is 10.4. The van der Waals surface area contributed by atoms with Gasteiger partial charge in [-0.1, -0.05) is 13.3 Å². The lowest BCUT2D eigenvalue weighted by Crippen LogP contribution is -2.28. The van der Waals surface area contributed by atoms with Gasteiger partial charge >= 0.3 is 0 Å². The molecule has 0 spiro atoms. The second kappa shape index (κ2) is 4.51. The third-order valence-electron chi connectivity index (χ3n) is 3.02. The van der Waals surface area contributed by atoms with Gasteiger partial charge in [0.1, 0.15) is 6.10 Å². The zero-order valence-corrected chi connectivity index (χ0v) is 8.94. The quantitative estimate of drug-likeness (QED) is 0.717. The molecule has 1 heterocycles. The molecular formula is C12H16O3. The molecule has 0 amide bonds. The summed E-state index contributed by atoms with van der Waals surface area (Å²) in [5, 5.41) is 0. The van der Waals surface area contributed by atoms with E-state index < -0.39 is 0 Å². The van der Waals surface area contributed by atoms with E-state index in [0.717, 1.165) is 6.42 Å². The van der Waals surface area contributed by atoms with Crippen molar-refractivity contribution >= 4 is 6.29 Å². The second-order valence-corrected chi connectivity index (χ2v) is 4.19. The van der Waals surface area contributed by atoms with Crippen molar-refractivity contribution in [2.75, 3.05) is 0 Å². The zero-order valence-electron chi connectivity index (χ0n) is 8.94. The van der Waals surface area contributed by atoms with Crippen LogP contribution in [0, 0.1) is 5.92 Å². The lowest BCUT2D eigenvalue weighted by molar-refractivity contribution is 0.0745. The van der Waals surface area contributed by atoms with Crippen molar-refractivity contribution in [3.05, 3.63) is 17.9 Å². The molecule has 82 valence electrons. The van der Waals surface area contributed by atoms with Gasteiger partial charge in [0.2, 0.25) is 0 Å². The monoisotopic (exact) mass is 208 g/mol. The Labute approximate surface area is 89.4 Å². The summed E-state index contributed by atoms with van der Waals surface area (Å²) in [7, 11) is 0. The van der Waals surface area contributed by atoms with Crippen molar-refractivity contribution in [3.8, 4) is 5.95 Å². The average molecular weight is 208 g/mol. The minimum Gasteiger partial charge on any atom is -0.462 e. The minimum atomic E-state index is 0.240. The highest BCUT2D eigenvalue weighted by Gasteiger charge is 2.23. The number of hydrogen-bond donors (Lipinski definition) is 0. The van der Waals surface area contributed by atoms with Crippen LogP contribution in [0.15, 0.2) is 16.5 Å². The topological polar surface area (TPSA) is 39.4 Å². The number of hydrogen-bond acceptors (Lipinski definition) is 3. The van der Waals surface area contributed by atoms with Gasteiger partial charge in [0.15, 0.2) is 12.0 Å². The standard InChI is InChI=1S/C12H16O3/c1-9-4-2-3-5-11(9)15-12-7-6-10(8-13)14-12/h6-9,11H,2-5H2,1H3. The largest absolute Gasteiger partial charge is 0.462 e. The van der Waals surface area contributed by atoms with Crippen LogP contribution in [0.3, 0.4) is 0 Å². The van der Waals surface area contributed by atoms with Crippen LogP contribution >= 0.6 is 0 Å². The van der Waals surface area contributed by atoms with Gasteiger partial charge < -0.3 is 9.15 Å². The van der Waals surface area contributed by atoms with E-state index in [-0.39, 0.29) is 6.10 Å². The van der Waals surface area contributed by atoms with Gasteiger partial charge in [-0.2, -0.15) is 0 Å². The molecule has 2 atom stereocenters. The fraction of sp³-hybridized carbons (Fsp3) is 0.583. The third kappa shape index (κ3) is 2.41. The third-order valence-corrected chi connectivity index (χ3v) is 3.02. The molecule has 1 aliphatic carbocycles. The first kappa shape index (κ1) is 10.3. The fourth-order valence-corrected chi connectivity index (χ4v) is 2.07. The van der Waals surface area contributed by atoms with Gasteiger partial charge in [-0.15, -0.1) is 0 Å². The smallest absolute Gasteiger partial charge is 0.285 e. The molecule has 0 N–H and O–H groups in total. The lowest BCUT2D eigenvalue weighted by Gasteiger charge is -2.28. The molecule has 1 aromatic rings. The molecule has 0 saturated heterocycles. The zero-order chi connectivity index (χ0) is 10.7. The number of ether oxygens (including phenoxy) is 1. The van der Waals surface area contributed by atoms with Gasteiger partial charge in [0.25, 0.3) is 5.95 Å². The predicted octanol–water partition coefficient (Wildman–Crippen LogP) is 3.05. The Bertz CT molecular complexity index is 329. The van der Waals surface area contributed by atoms with E-state index in [9.17, 15) is 4.79 Å². The highest BCUT2D eigenvalue weighted by molar-refractivity contribution is 5.70. The van der Waals surface area contributed by atoms with Crippen LogP contribution in [0.4, 0.5) is 0 Å². The molecule has 1 saturated carbocycles. The molecule has 1 aromatic heterocycles. The van der Waals surface area contributed by atoms with Gasteiger partial charge in [-0.3, -0.25) is 4.79 Å². The van der Waals surface area contributed by atoms with Crippen LogP contribution in [0.5, 0.6) is 5.95 Å². The summed E-state index contributed by atoms with van der Waals surface area (Å²) < 4.78 is 10.9. The maximum atomic E-state index is 10.4. The molecule has 0 bridgehead atoms. The van der Waals surface area contributed by atoms with Crippen molar-refractivity contribution in [2.24, 2.45) is 5.92 Å². The van der Waals surface area contributed by atoms with E-state index in [4.69, 9.17) is 9.15 Å². The van der Waals surface area contributed by atoms with Crippen LogP contribution in [0.1, 0.15) is 43.2 Å². The number of carbonyl (C=O) groups is 1. The molecule has 2 unspecified atom stereocenters. The van der Waals surface area contributed by atoms with E-state index >= 15 is 0 Å². The molecular weight excluding hydrogens is 192 g/mol. The summed E-state index contributed by atoms with van der Waals surface area (Å²) in [6.45, 7) is 2.20. The lowest BCUT2D eigenvalue weighted by atomic mass is 9.88. The summed E-state index contributed by atoms with van der Waals surface area (Å²) in [6, 6.07) is 3.35. The van der Waals surface area contributed by atoms with Crippen LogP contribution in [-0.4, -0.2) is 12.4 Å². The SMILES string of the molecule is CC1CCCCC1Oc1ccc(C=O)o1. The molecule has 3 nitrogen and oxygen atoms in total. The van der Waals surface area contributed by atoms with Crippen molar-refractivity contribution in [2.45, 2.75) is 38.7 Å². The Morgan fingerprint density at radius 1 is 1.40 bits per heavy atom. The van der Waals surface area contributed by atoms with Gasteiger partial charge in [0, 0.05) is 6.07 Å². The highest BCUT2D eigenvalue weighted by atomic mass is 16.6. The van der Waals surface area contributed by atoms with Gasteiger partial charge in [-0.25, -0.2) is 0 Å². The fourth-order valence-electron chi connectivity index (χ4n) is 2.07. The Balaban J connectivity index is 1.97. The first-order valence-electron chi connectivity index (χ1n) is 5.51. The van der Waals surface area contributed by atoms with Crippen molar-refractivity contribution in [1.29, 1.82) is 0 Å². The molecule has 2 rings (SSSR count). The molecule has 0 aromatic carbocycles. The minimum absolute atomic E-state index is 0.240. The van der Waals surface area contributed by atoms with Crippen LogP contribution < -0.4 is 4.74 Å². The maximum absolute atomic E-state index is 10.4. The second-order valence-electron chi connectivity index (χ2n) is 4.19. The van der Waals surface area contributed by atoms with E-state index in [0.29, 0.717) is 23.9 Å². The molecule has 0 radical (unpaired) electrons. The van der Waals surface area contributed by atoms with Gasteiger partial charge in [0.05, 0.1) is 0 Å². The van der Waals surface area contributed by atoms with Crippen LogP contribution in [-0.2, 0) is 0 Å². The molecule has 0 aliphatic heterocycles. The van der Waals surface area contributed by atoms with E-state index in [1.165, 1.54) is 19.3 Å². The highest BCUT2D eigenvalue weighted by Crippen LogP contribution is 2.28. The number of rotatable bonds is 3. The van der Waals surface area contributed by atoms with Crippen molar-refractivity contribution < 1.29 is 13.9 Å². The van der Waals surface area contributed by atoms with E-state index in [1.54, 1.807) is 12.1 Å². The van der Waals surface area contributed by atoms with E-state index in [2.05, 4.69) is 6.92 Å². The summed E-state index contributed by atoms with van der Waals surface area (Å²) in [5.41, 5.74) is 0.